The predicted molar refractivity (Wildman–Crippen MR) is 58.4 cm³/mol. The van der Waals surface area contributed by atoms with Gasteiger partial charge in [-0.2, -0.15) is 13.5 Å². The summed E-state index contributed by atoms with van der Waals surface area (Å²) in [5.41, 5.74) is 1.06. The Morgan fingerprint density at radius 3 is 2.65 bits per heavy atom. The van der Waals surface area contributed by atoms with Gasteiger partial charge in [-0.25, -0.2) is 4.39 Å². The largest absolute Gasteiger partial charge is 0.281 e. The molecular weight excluding hydrogens is 245 g/mol. The van der Waals surface area contributed by atoms with Crippen molar-refractivity contribution in [2.75, 3.05) is 4.31 Å². The summed E-state index contributed by atoms with van der Waals surface area (Å²) in [7, 11) is -3.58. The molecule has 0 atom stereocenters. The Morgan fingerprint density at radius 2 is 2.00 bits per heavy atom. The van der Waals surface area contributed by atoms with E-state index in [-0.39, 0.29) is 11.6 Å². The van der Waals surface area contributed by atoms with Crippen molar-refractivity contribution in [3.8, 4) is 0 Å². The molecule has 0 fully saturated rings. The van der Waals surface area contributed by atoms with Gasteiger partial charge in [0.25, 0.3) is 10.0 Å². The summed E-state index contributed by atoms with van der Waals surface area (Å²) >= 11 is 0. The van der Waals surface area contributed by atoms with Crippen molar-refractivity contribution in [2.24, 2.45) is 0 Å². The van der Waals surface area contributed by atoms with E-state index in [0.717, 1.165) is 0 Å². The molecule has 0 unspecified atom stereocenters. The Morgan fingerprint density at radius 1 is 1.29 bits per heavy atom. The van der Waals surface area contributed by atoms with Gasteiger partial charge < -0.3 is 0 Å². The smallest absolute Gasteiger partial charge is 0.266 e. The number of halogens is 1. The fourth-order valence-corrected chi connectivity index (χ4v) is 3.37. The molecule has 3 rings (SSSR count). The Labute approximate surface area is 96.9 Å². The first-order valence-electron chi connectivity index (χ1n) is 4.89. The molecule has 0 aliphatic carbocycles. The van der Waals surface area contributed by atoms with Crippen molar-refractivity contribution in [1.82, 2.24) is 10.2 Å². The van der Waals surface area contributed by atoms with Crippen LogP contribution in [0.3, 0.4) is 0 Å². The molecule has 2 aromatic rings. The number of aromatic nitrogens is 2. The predicted octanol–water partition coefficient (Wildman–Crippen LogP) is 1.26. The Kier molecular flexibility index (Phi) is 1.99. The van der Waals surface area contributed by atoms with Crippen molar-refractivity contribution in [3.05, 3.63) is 41.8 Å². The van der Waals surface area contributed by atoms with E-state index < -0.39 is 15.8 Å². The maximum atomic E-state index is 12.8. The van der Waals surface area contributed by atoms with Crippen LogP contribution in [0.4, 0.5) is 10.1 Å². The molecule has 88 valence electrons. The number of hydrogen-bond donors (Lipinski definition) is 1. The van der Waals surface area contributed by atoms with Crippen LogP contribution in [-0.4, -0.2) is 18.6 Å². The Balaban J connectivity index is 2.08. The summed E-state index contributed by atoms with van der Waals surface area (Å²) in [5.74, 6) is -0.398. The fraction of sp³-hybridized carbons (Fsp3) is 0.100. The lowest BCUT2D eigenvalue weighted by molar-refractivity contribution is 0.592. The number of sulfonamides is 1. The van der Waals surface area contributed by atoms with Crippen LogP contribution < -0.4 is 4.31 Å². The van der Waals surface area contributed by atoms with Crippen molar-refractivity contribution in [2.45, 2.75) is 11.6 Å². The van der Waals surface area contributed by atoms with E-state index in [4.69, 9.17) is 0 Å². The van der Waals surface area contributed by atoms with Crippen LogP contribution in [0.25, 0.3) is 0 Å². The average Bonchev–Trinajstić information content (AvgIpc) is 2.83. The highest BCUT2D eigenvalue weighted by atomic mass is 32.2. The van der Waals surface area contributed by atoms with E-state index >= 15 is 0 Å². The van der Waals surface area contributed by atoms with Crippen LogP contribution in [0.5, 0.6) is 0 Å². The molecule has 17 heavy (non-hydrogen) atoms. The van der Waals surface area contributed by atoms with E-state index in [2.05, 4.69) is 10.2 Å². The van der Waals surface area contributed by atoms with Crippen LogP contribution >= 0.6 is 0 Å². The van der Waals surface area contributed by atoms with E-state index in [1.165, 1.54) is 34.8 Å². The summed E-state index contributed by atoms with van der Waals surface area (Å²) in [6, 6.07) is 5.34. The molecule has 0 amide bonds. The number of anilines is 1. The van der Waals surface area contributed by atoms with Crippen molar-refractivity contribution < 1.29 is 12.8 Å². The van der Waals surface area contributed by atoms with E-state index in [1.54, 1.807) is 0 Å². The number of hydrogen-bond acceptors (Lipinski definition) is 3. The highest BCUT2D eigenvalue weighted by Gasteiger charge is 2.36. The van der Waals surface area contributed by atoms with Gasteiger partial charge in [0, 0.05) is 5.56 Å². The van der Waals surface area contributed by atoms with Gasteiger partial charge >= 0.3 is 0 Å². The Hall–Kier alpha value is -1.89. The molecule has 2 heterocycles. The number of aromatic amines is 1. The SMILES string of the molecule is O=S1(=O)c2[nH]ncc2CN1c1ccc(F)cc1. The summed E-state index contributed by atoms with van der Waals surface area (Å²) in [6.45, 7) is 0.222. The second-order valence-electron chi connectivity index (χ2n) is 3.71. The van der Waals surface area contributed by atoms with E-state index in [1.807, 2.05) is 0 Å². The van der Waals surface area contributed by atoms with Gasteiger partial charge in [0.05, 0.1) is 18.4 Å². The molecule has 0 spiro atoms. The molecule has 7 heteroatoms. The Bertz CT molecular complexity index is 663. The zero-order valence-corrected chi connectivity index (χ0v) is 9.41. The third-order valence-electron chi connectivity index (χ3n) is 2.65. The van der Waals surface area contributed by atoms with Gasteiger partial charge in [-0.15, -0.1) is 0 Å². The standard InChI is InChI=1S/C10H8FN3O2S/c11-8-1-3-9(4-2-8)14-6-7-5-12-13-10(7)17(14,15)16/h1-5H,6H2,(H,12,13). The molecule has 0 bridgehead atoms. The quantitative estimate of drug-likeness (QED) is 0.832. The van der Waals surface area contributed by atoms with Crippen LogP contribution in [-0.2, 0) is 16.6 Å². The average molecular weight is 253 g/mol. The van der Waals surface area contributed by atoms with Gasteiger partial charge in [-0.05, 0) is 24.3 Å². The van der Waals surface area contributed by atoms with Gasteiger partial charge in [-0.1, -0.05) is 0 Å². The monoisotopic (exact) mass is 253 g/mol. The van der Waals surface area contributed by atoms with Gasteiger partial charge in [0.1, 0.15) is 5.82 Å². The molecule has 1 aliphatic heterocycles. The van der Waals surface area contributed by atoms with Gasteiger partial charge in [0.15, 0.2) is 5.03 Å². The van der Waals surface area contributed by atoms with Crippen LogP contribution in [0, 0.1) is 5.82 Å². The van der Waals surface area contributed by atoms with E-state index in [0.29, 0.717) is 11.3 Å². The zero-order valence-electron chi connectivity index (χ0n) is 8.59. The van der Waals surface area contributed by atoms with Crippen molar-refractivity contribution >= 4 is 15.7 Å². The molecule has 1 aliphatic rings. The number of H-pyrrole nitrogens is 1. The molecular formula is C10H8FN3O2S. The minimum atomic E-state index is -3.58. The lowest BCUT2D eigenvalue weighted by Crippen LogP contribution is -2.24. The summed E-state index contributed by atoms with van der Waals surface area (Å²) in [4.78, 5) is 0. The highest BCUT2D eigenvalue weighted by Crippen LogP contribution is 2.32. The third kappa shape index (κ3) is 1.42. The van der Waals surface area contributed by atoms with Crippen LogP contribution in [0.1, 0.15) is 5.56 Å². The summed E-state index contributed by atoms with van der Waals surface area (Å²) in [6.07, 6.45) is 1.48. The van der Waals surface area contributed by atoms with Crippen molar-refractivity contribution in [1.29, 1.82) is 0 Å². The first-order valence-corrected chi connectivity index (χ1v) is 6.33. The zero-order chi connectivity index (χ0) is 12.0. The number of fused-ring (bicyclic) bond motifs is 1. The molecule has 0 saturated carbocycles. The first kappa shape index (κ1) is 10.3. The highest BCUT2D eigenvalue weighted by molar-refractivity contribution is 7.93. The number of nitrogens with zero attached hydrogens (tertiary/aromatic N) is 2. The number of nitrogens with one attached hydrogen (secondary N) is 1. The maximum Gasteiger partial charge on any atom is 0.281 e. The third-order valence-corrected chi connectivity index (χ3v) is 4.44. The lowest BCUT2D eigenvalue weighted by Gasteiger charge is -2.16. The molecule has 0 radical (unpaired) electrons. The summed E-state index contributed by atoms with van der Waals surface area (Å²) in [5, 5.41) is 6.27. The fourth-order valence-electron chi connectivity index (χ4n) is 1.82. The normalized spacial score (nSPS) is 17.1. The summed E-state index contributed by atoms with van der Waals surface area (Å²) < 4.78 is 38.2. The minimum absolute atomic E-state index is 0.113. The van der Waals surface area contributed by atoms with Crippen LogP contribution in [0.2, 0.25) is 0 Å². The van der Waals surface area contributed by atoms with Gasteiger partial charge in [0.2, 0.25) is 0 Å². The number of benzene rings is 1. The topological polar surface area (TPSA) is 66.1 Å². The number of rotatable bonds is 1. The first-order chi connectivity index (χ1) is 8.09. The second kappa shape index (κ2) is 3.30. The van der Waals surface area contributed by atoms with Gasteiger partial charge in [-0.3, -0.25) is 9.40 Å². The molecule has 1 aromatic carbocycles. The minimum Gasteiger partial charge on any atom is -0.266 e. The lowest BCUT2D eigenvalue weighted by atomic mass is 10.3. The van der Waals surface area contributed by atoms with Crippen LogP contribution in [0.15, 0.2) is 35.5 Å². The molecule has 5 nitrogen and oxygen atoms in total. The molecule has 1 N–H and O–H groups in total. The molecule has 1 aromatic heterocycles. The maximum absolute atomic E-state index is 12.8. The van der Waals surface area contributed by atoms with E-state index in [9.17, 15) is 12.8 Å². The second-order valence-corrected chi connectivity index (χ2v) is 5.51. The molecule has 0 saturated heterocycles. The van der Waals surface area contributed by atoms with Crippen molar-refractivity contribution in [3.63, 3.8) is 0 Å².